The fourth-order valence-corrected chi connectivity index (χ4v) is 6.61. The maximum Gasteiger partial charge on any atom is 0.251 e. The molecule has 0 spiro atoms. The van der Waals surface area contributed by atoms with Crippen LogP contribution in [0.5, 0.6) is 23.0 Å². The van der Waals surface area contributed by atoms with Crippen molar-refractivity contribution in [3.63, 3.8) is 0 Å². The van der Waals surface area contributed by atoms with Gasteiger partial charge in [0.1, 0.15) is 12.4 Å². The number of H-pyrrole nitrogens is 1. The summed E-state index contributed by atoms with van der Waals surface area (Å²) in [5.41, 5.74) is 4.99. The van der Waals surface area contributed by atoms with Crippen LogP contribution in [0.3, 0.4) is 0 Å². The number of rotatable bonds is 15. The molecule has 0 unspecified atom stereocenters. The van der Waals surface area contributed by atoms with Crippen LogP contribution in [0.1, 0.15) is 45.8 Å². The Labute approximate surface area is 302 Å². The summed E-state index contributed by atoms with van der Waals surface area (Å²) < 4.78 is 47.1. The van der Waals surface area contributed by atoms with Gasteiger partial charge >= 0.3 is 0 Å². The number of nitrogens with one attached hydrogen (secondary N) is 3. The van der Waals surface area contributed by atoms with E-state index in [1.165, 1.54) is 52.2 Å². The summed E-state index contributed by atoms with van der Waals surface area (Å²) in [7, 11) is 9.03. The van der Waals surface area contributed by atoms with Crippen LogP contribution in [-0.4, -0.2) is 111 Å². The molecule has 278 valence electrons. The van der Waals surface area contributed by atoms with Gasteiger partial charge in [-0.3, -0.25) is 4.79 Å². The zero-order chi connectivity index (χ0) is 37.0. The molecule has 13 heteroatoms. The Kier molecular flexibility index (Phi) is 14.6. The van der Waals surface area contributed by atoms with Crippen molar-refractivity contribution in [3.8, 4) is 23.0 Å². The molecule has 4 aromatic rings. The number of hydrogen-bond acceptors (Lipinski definition) is 9. The number of methoxy groups -OCH3 is 3. The Balaban J connectivity index is 0.000000233. The van der Waals surface area contributed by atoms with Gasteiger partial charge in [0.15, 0.2) is 11.5 Å². The lowest BCUT2D eigenvalue weighted by Gasteiger charge is -2.28. The number of carbonyl (C=O) groups excluding carboxylic acids is 1. The second kappa shape index (κ2) is 18.8. The number of ether oxygens (including phenoxy) is 4. The molecule has 3 N–H and O–H groups in total. The molecule has 0 atom stereocenters. The average molecular weight is 724 g/mol. The maximum atomic E-state index is 12.5. The van der Waals surface area contributed by atoms with Crippen molar-refractivity contribution >= 4 is 26.8 Å². The van der Waals surface area contributed by atoms with Crippen molar-refractivity contribution in [3.05, 3.63) is 83.0 Å². The second-order valence-electron chi connectivity index (χ2n) is 12.9. The van der Waals surface area contributed by atoms with Crippen LogP contribution in [0.2, 0.25) is 0 Å². The van der Waals surface area contributed by atoms with Crippen LogP contribution < -0.4 is 29.0 Å². The largest absolute Gasteiger partial charge is 0.493 e. The first-order valence-electron chi connectivity index (χ1n) is 17.1. The smallest absolute Gasteiger partial charge is 0.251 e. The second-order valence-corrected chi connectivity index (χ2v) is 14.9. The van der Waals surface area contributed by atoms with E-state index in [0.29, 0.717) is 48.3 Å². The quantitative estimate of drug-likeness (QED) is 0.160. The van der Waals surface area contributed by atoms with E-state index < -0.39 is 10.0 Å². The summed E-state index contributed by atoms with van der Waals surface area (Å²) in [4.78, 5) is 20.3. The summed E-state index contributed by atoms with van der Waals surface area (Å²) in [5, 5.41) is 4.14. The Morgan fingerprint density at radius 1 is 0.941 bits per heavy atom. The van der Waals surface area contributed by atoms with E-state index in [4.69, 9.17) is 18.9 Å². The number of sulfonamides is 1. The molecule has 0 saturated carbocycles. The maximum absolute atomic E-state index is 12.5. The van der Waals surface area contributed by atoms with Crippen LogP contribution in [0.25, 0.3) is 10.9 Å². The molecule has 0 aliphatic carbocycles. The van der Waals surface area contributed by atoms with Crippen molar-refractivity contribution in [2.75, 3.05) is 81.5 Å². The zero-order valence-corrected chi connectivity index (χ0v) is 31.7. The monoisotopic (exact) mass is 723 g/mol. The van der Waals surface area contributed by atoms with Crippen LogP contribution in [0.15, 0.2) is 60.8 Å². The number of nitrogens with zero attached hydrogens (tertiary/aromatic N) is 2. The highest BCUT2D eigenvalue weighted by Gasteiger charge is 2.21. The fraction of sp³-hybridized carbons (Fsp3) is 0.447. The lowest BCUT2D eigenvalue weighted by Crippen LogP contribution is -2.29. The number of likely N-dealkylation sites (tertiary alicyclic amines) is 1. The van der Waals surface area contributed by atoms with Gasteiger partial charge < -0.3 is 39.0 Å². The minimum atomic E-state index is -3.16. The van der Waals surface area contributed by atoms with Crippen molar-refractivity contribution in [2.24, 2.45) is 0 Å². The topological polar surface area (TPSA) is 134 Å². The number of aromatic amines is 1. The molecule has 5 rings (SSSR count). The normalized spacial score (nSPS) is 13.8. The third kappa shape index (κ3) is 11.3. The molecule has 51 heavy (non-hydrogen) atoms. The molecular formula is C38H53N5O7S. The Morgan fingerprint density at radius 2 is 1.59 bits per heavy atom. The number of hydrogen-bond donors (Lipinski definition) is 3. The molecule has 2 heterocycles. The number of aromatic nitrogens is 1. The summed E-state index contributed by atoms with van der Waals surface area (Å²) in [5.74, 6) is 2.62. The lowest BCUT2D eigenvalue weighted by atomic mass is 9.89. The predicted octanol–water partition coefficient (Wildman–Crippen LogP) is 4.65. The van der Waals surface area contributed by atoms with E-state index in [-0.39, 0.29) is 11.7 Å². The van der Waals surface area contributed by atoms with Crippen molar-refractivity contribution in [1.82, 2.24) is 24.8 Å². The molecule has 12 nitrogen and oxygen atoms in total. The van der Waals surface area contributed by atoms with Crippen LogP contribution in [0, 0.1) is 0 Å². The van der Waals surface area contributed by atoms with Gasteiger partial charge in [-0.25, -0.2) is 13.1 Å². The standard InChI is InChI=1S/C21H28N2O5.C17H25N3O2S/c1-23(2)10-11-28-17-8-6-15(7-9-17)14-22-21(24)16-12-18(25-3)20(27-5)19(13-16)26-4;1-18-23(21,22)10-7-13-3-4-17-15(11-13)16(12-19-17)14-5-8-20(2)9-6-14/h6-9,12-13H,10-11,14H2,1-5H3,(H,22,24);3-4,11-12,14,18-19H,5-10H2,1-2H3. The molecule has 1 aliphatic rings. The third-order valence-electron chi connectivity index (χ3n) is 9.02. The number of likely N-dealkylation sites (N-methyl/N-ethyl adjacent to an activating group) is 1. The van der Waals surface area contributed by atoms with E-state index in [1.807, 2.05) is 44.4 Å². The van der Waals surface area contributed by atoms with Crippen LogP contribution >= 0.6 is 0 Å². The van der Waals surface area contributed by atoms with Gasteiger partial charge in [0.25, 0.3) is 5.91 Å². The first-order chi connectivity index (χ1) is 24.5. The first kappa shape index (κ1) is 39.5. The molecular weight excluding hydrogens is 671 g/mol. The summed E-state index contributed by atoms with van der Waals surface area (Å²) in [6, 6.07) is 17.1. The van der Waals surface area contributed by atoms with E-state index in [2.05, 4.69) is 50.2 Å². The van der Waals surface area contributed by atoms with E-state index in [9.17, 15) is 13.2 Å². The number of carbonyl (C=O) groups is 1. The number of fused-ring (bicyclic) bond motifs is 1. The Morgan fingerprint density at radius 3 is 2.18 bits per heavy atom. The highest BCUT2D eigenvalue weighted by Crippen LogP contribution is 2.38. The molecule has 0 bridgehead atoms. The van der Waals surface area contributed by atoms with Crippen molar-refractivity contribution in [1.29, 1.82) is 0 Å². The van der Waals surface area contributed by atoms with Gasteiger partial charge in [-0.1, -0.05) is 18.2 Å². The van der Waals surface area contributed by atoms with Crippen LogP contribution in [-0.2, 0) is 23.0 Å². The van der Waals surface area contributed by atoms with E-state index in [1.54, 1.807) is 12.1 Å². The van der Waals surface area contributed by atoms with Gasteiger partial charge in [-0.05, 0) is 120 Å². The molecule has 3 aromatic carbocycles. The predicted molar refractivity (Wildman–Crippen MR) is 202 cm³/mol. The molecule has 1 amide bonds. The van der Waals surface area contributed by atoms with Crippen LogP contribution in [0.4, 0.5) is 0 Å². The molecule has 1 aliphatic heterocycles. The highest BCUT2D eigenvalue weighted by atomic mass is 32.2. The molecule has 1 aromatic heterocycles. The summed E-state index contributed by atoms with van der Waals surface area (Å²) in [6.45, 7) is 4.15. The van der Waals surface area contributed by atoms with Gasteiger partial charge in [-0.2, -0.15) is 0 Å². The zero-order valence-electron chi connectivity index (χ0n) is 30.9. The molecule has 0 radical (unpaired) electrons. The van der Waals surface area contributed by atoms with E-state index >= 15 is 0 Å². The minimum Gasteiger partial charge on any atom is -0.493 e. The van der Waals surface area contributed by atoms with Crippen molar-refractivity contribution in [2.45, 2.75) is 31.7 Å². The van der Waals surface area contributed by atoms with Gasteiger partial charge in [0.2, 0.25) is 15.8 Å². The van der Waals surface area contributed by atoms with Gasteiger partial charge in [0.05, 0.1) is 27.1 Å². The van der Waals surface area contributed by atoms with E-state index in [0.717, 1.165) is 42.0 Å². The average Bonchev–Trinajstić information content (AvgIpc) is 3.56. The number of piperidine rings is 1. The number of benzene rings is 3. The highest BCUT2D eigenvalue weighted by molar-refractivity contribution is 7.89. The minimum absolute atomic E-state index is 0.128. The lowest BCUT2D eigenvalue weighted by molar-refractivity contribution is 0.0950. The summed E-state index contributed by atoms with van der Waals surface area (Å²) >= 11 is 0. The summed E-state index contributed by atoms with van der Waals surface area (Å²) in [6.07, 6.45) is 5.04. The molecule has 1 fully saturated rings. The van der Waals surface area contributed by atoms with Gasteiger partial charge in [0, 0.05) is 35.8 Å². The Bertz CT molecular complexity index is 1790. The van der Waals surface area contributed by atoms with Crippen molar-refractivity contribution < 1.29 is 32.2 Å². The third-order valence-corrected chi connectivity index (χ3v) is 10.4. The molecule has 1 saturated heterocycles. The fourth-order valence-electron chi connectivity index (χ4n) is 5.90. The number of amides is 1. The Hall–Kier alpha value is -4.30. The number of aryl methyl sites for hydroxylation is 1. The van der Waals surface area contributed by atoms with Gasteiger partial charge in [-0.15, -0.1) is 0 Å². The SMILES string of the molecule is CNS(=O)(=O)CCc1ccc2[nH]cc(C3CCN(C)CC3)c2c1.COc1cc(C(=O)NCc2ccc(OCCN(C)C)cc2)cc(OC)c1OC. The first-order valence-corrected chi connectivity index (χ1v) is 18.8.